The van der Waals surface area contributed by atoms with E-state index in [1.807, 2.05) is 13.8 Å². The summed E-state index contributed by atoms with van der Waals surface area (Å²) in [6, 6.07) is 1.53. The van der Waals surface area contributed by atoms with Crippen molar-refractivity contribution < 1.29 is 14.3 Å². The third-order valence-electron chi connectivity index (χ3n) is 3.79. The summed E-state index contributed by atoms with van der Waals surface area (Å²) in [5, 5.41) is 8.66. The Kier molecular flexibility index (Phi) is 4.63. The van der Waals surface area contributed by atoms with Crippen molar-refractivity contribution in [2.24, 2.45) is 5.73 Å². The van der Waals surface area contributed by atoms with E-state index in [0.717, 1.165) is 5.82 Å². The first-order chi connectivity index (χ1) is 11.5. The number of H-pyrrole nitrogens is 1. The number of thiophene rings is 1. The number of hydrogen-bond acceptors (Lipinski definition) is 6. The average Bonchev–Trinajstić information content (AvgIpc) is 3.24. The maximum Gasteiger partial charge on any atom is 0.264 e. The van der Waals surface area contributed by atoms with E-state index < -0.39 is 5.91 Å². The number of aromatic amines is 1. The molecule has 2 amide bonds. The highest BCUT2D eigenvalue weighted by atomic mass is 32.1. The Labute approximate surface area is 143 Å². The fourth-order valence-corrected chi connectivity index (χ4v) is 3.29. The predicted molar refractivity (Wildman–Crippen MR) is 87.9 cm³/mol. The van der Waals surface area contributed by atoms with Crippen LogP contribution >= 0.6 is 11.3 Å². The number of morpholine rings is 1. The first-order valence-corrected chi connectivity index (χ1v) is 8.55. The van der Waals surface area contributed by atoms with E-state index >= 15 is 0 Å². The Morgan fingerprint density at radius 3 is 2.92 bits per heavy atom. The van der Waals surface area contributed by atoms with Crippen molar-refractivity contribution in [1.29, 1.82) is 0 Å². The number of rotatable bonds is 4. The van der Waals surface area contributed by atoms with Crippen LogP contribution in [0.5, 0.6) is 0 Å². The first-order valence-electron chi connectivity index (χ1n) is 7.67. The van der Waals surface area contributed by atoms with Crippen molar-refractivity contribution in [2.75, 3.05) is 19.7 Å². The van der Waals surface area contributed by atoms with E-state index in [1.165, 1.54) is 17.4 Å². The zero-order chi connectivity index (χ0) is 17.3. The van der Waals surface area contributed by atoms with Crippen molar-refractivity contribution in [2.45, 2.75) is 25.9 Å². The molecule has 2 aromatic rings. The number of nitrogens with zero attached hydrogens (tertiary/aromatic N) is 3. The molecule has 3 rings (SSSR count). The van der Waals surface area contributed by atoms with Gasteiger partial charge in [0.2, 0.25) is 5.91 Å². The van der Waals surface area contributed by atoms with Crippen molar-refractivity contribution in [3.63, 3.8) is 0 Å². The second-order valence-corrected chi connectivity index (χ2v) is 6.82. The van der Waals surface area contributed by atoms with Gasteiger partial charge >= 0.3 is 0 Å². The van der Waals surface area contributed by atoms with Crippen LogP contribution < -0.4 is 5.73 Å². The SMILES string of the molecule is CC(C)c1n[nH]c([C@H]2CN(C(=O)c3cc(C(N)=O)cs3)CCO2)n1. The lowest BCUT2D eigenvalue weighted by molar-refractivity contribution is -0.0265. The second-order valence-electron chi connectivity index (χ2n) is 5.91. The van der Waals surface area contributed by atoms with Crippen LogP contribution in [-0.4, -0.2) is 51.6 Å². The molecule has 0 spiro atoms. The van der Waals surface area contributed by atoms with Crippen LogP contribution in [0, 0.1) is 0 Å². The van der Waals surface area contributed by atoms with Crippen LogP contribution in [0.25, 0.3) is 0 Å². The van der Waals surface area contributed by atoms with Crippen LogP contribution in [0.15, 0.2) is 11.4 Å². The minimum Gasteiger partial charge on any atom is -0.367 e. The molecule has 3 heterocycles. The normalized spacial score (nSPS) is 18.1. The Bertz CT molecular complexity index is 754. The largest absolute Gasteiger partial charge is 0.367 e. The average molecular weight is 349 g/mol. The lowest BCUT2D eigenvalue weighted by Gasteiger charge is -2.31. The predicted octanol–water partition coefficient (Wildman–Crippen LogP) is 1.30. The number of nitrogens with two attached hydrogens (primary N) is 1. The summed E-state index contributed by atoms with van der Waals surface area (Å²) in [7, 11) is 0. The summed E-state index contributed by atoms with van der Waals surface area (Å²) in [4.78, 5) is 30.4. The molecule has 2 aromatic heterocycles. The zero-order valence-electron chi connectivity index (χ0n) is 13.5. The van der Waals surface area contributed by atoms with E-state index in [-0.39, 0.29) is 17.9 Å². The molecule has 24 heavy (non-hydrogen) atoms. The fourth-order valence-electron chi connectivity index (χ4n) is 2.42. The minimum absolute atomic E-state index is 0.135. The van der Waals surface area contributed by atoms with E-state index in [9.17, 15) is 9.59 Å². The van der Waals surface area contributed by atoms with Gasteiger partial charge in [-0.3, -0.25) is 14.7 Å². The number of carbonyl (C=O) groups is 2. The van der Waals surface area contributed by atoms with Crippen molar-refractivity contribution in [1.82, 2.24) is 20.1 Å². The van der Waals surface area contributed by atoms with Crippen LogP contribution in [0.4, 0.5) is 0 Å². The van der Waals surface area contributed by atoms with Gasteiger partial charge in [-0.05, 0) is 6.07 Å². The molecular formula is C15H19N5O3S. The lowest BCUT2D eigenvalue weighted by atomic mass is 10.2. The maximum absolute atomic E-state index is 12.6. The summed E-state index contributed by atoms with van der Waals surface area (Å²) in [5.74, 6) is 0.897. The van der Waals surface area contributed by atoms with Crippen molar-refractivity contribution >= 4 is 23.2 Å². The van der Waals surface area contributed by atoms with Gasteiger partial charge in [0.25, 0.3) is 5.91 Å². The standard InChI is InChI=1S/C15H19N5O3S/c1-8(2)13-17-14(19-18-13)10-6-20(3-4-23-10)15(22)11-5-9(7-24-11)12(16)21/h5,7-8,10H,3-4,6H2,1-2H3,(H2,16,21)(H,17,18,19)/t10-/m1/s1. The van der Waals surface area contributed by atoms with Gasteiger partial charge in [0.05, 0.1) is 23.6 Å². The third kappa shape index (κ3) is 3.31. The van der Waals surface area contributed by atoms with Gasteiger partial charge in [-0.25, -0.2) is 4.98 Å². The maximum atomic E-state index is 12.6. The van der Waals surface area contributed by atoms with Gasteiger partial charge in [-0.15, -0.1) is 11.3 Å². The molecular weight excluding hydrogens is 330 g/mol. The minimum atomic E-state index is -0.534. The zero-order valence-corrected chi connectivity index (χ0v) is 14.3. The summed E-state index contributed by atoms with van der Waals surface area (Å²) >= 11 is 1.22. The van der Waals surface area contributed by atoms with Gasteiger partial charge in [0.15, 0.2) is 11.6 Å². The van der Waals surface area contributed by atoms with Crippen LogP contribution in [-0.2, 0) is 4.74 Å². The van der Waals surface area contributed by atoms with E-state index in [4.69, 9.17) is 10.5 Å². The molecule has 1 atom stereocenters. The molecule has 3 N–H and O–H groups in total. The highest BCUT2D eigenvalue weighted by Gasteiger charge is 2.29. The first kappa shape index (κ1) is 16.6. The highest BCUT2D eigenvalue weighted by Crippen LogP contribution is 2.23. The smallest absolute Gasteiger partial charge is 0.264 e. The number of aromatic nitrogens is 3. The third-order valence-corrected chi connectivity index (χ3v) is 4.71. The Balaban J connectivity index is 1.72. The summed E-state index contributed by atoms with van der Waals surface area (Å²) in [6.07, 6.45) is -0.335. The highest BCUT2D eigenvalue weighted by molar-refractivity contribution is 7.12. The number of primary amides is 1. The number of nitrogens with one attached hydrogen (secondary N) is 1. The molecule has 0 saturated carbocycles. The molecule has 0 unspecified atom stereocenters. The van der Waals surface area contributed by atoms with Gasteiger partial charge in [0, 0.05) is 17.8 Å². The van der Waals surface area contributed by atoms with Crippen molar-refractivity contribution in [3.05, 3.63) is 33.5 Å². The molecule has 0 aliphatic carbocycles. The molecule has 8 nitrogen and oxygen atoms in total. The second kappa shape index (κ2) is 6.70. The Morgan fingerprint density at radius 1 is 1.50 bits per heavy atom. The Hall–Kier alpha value is -2.26. The molecule has 1 saturated heterocycles. The van der Waals surface area contributed by atoms with E-state index in [0.29, 0.717) is 36.0 Å². The monoisotopic (exact) mass is 349 g/mol. The van der Waals surface area contributed by atoms with Crippen molar-refractivity contribution in [3.8, 4) is 0 Å². The van der Waals surface area contributed by atoms with Crippen LogP contribution in [0.1, 0.15) is 57.5 Å². The number of carbonyl (C=O) groups excluding carboxylic acids is 2. The Morgan fingerprint density at radius 2 is 2.29 bits per heavy atom. The molecule has 0 aromatic carbocycles. The van der Waals surface area contributed by atoms with Gasteiger partial charge in [-0.2, -0.15) is 5.10 Å². The number of ether oxygens (including phenoxy) is 1. The molecule has 0 bridgehead atoms. The summed E-state index contributed by atoms with van der Waals surface area (Å²) in [6.45, 7) is 5.32. The lowest BCUT2D eigenvalue weighted by Crippen LogP contribution is -2.42. The van der Waals surface area contributed by atoms with Crippen LogP contribution in [0.3, 0.4) is 0 Å². The molecule has 1 aliphatic heterocycles. The quantitative estimate of drug-likeness (QED) is 0.863. The molecule has 9 heteroatoms. The summed E-state index contributed by atoms with van der Waals surface area (Å²) in [5.41, 5.74) is 5.59. The van der Waals surface area contributed by atoms with Gasteiger partial charge < -0.3 is 15.4 Å². The fraction of sp³-hybridized carbons (Fsp3) is 0.467. The van der Waals surface area contributed by atoms with Gasteiger partial charge in [0.1, 0.15) is 6.10 Å². The van der Waals surface area contributed by atoms with Crippen LogP contribution in [0.2, 0.25) is 0 Å². The molecule has 1 aliphatic rings. The van der Waals surface area contributed by atoms with Gasteiger partial charge in [-0.1, -0.05) is 13.8 Å². The molecule has 0 radical (unpaired) electrons. The summed E-state index contributed by atoms with van der Waals surface area (Å²) < 4.78 is 5.72. The number of hydrogen-bond donors (Lipinski definition) is 2. The number of amides is 2. The van der Waals surface area contributed by atoms with E-state index in [1.54, 1.807) is 10.3 Å². The topological polar surface area (TPSA) is 114 Å². The molecule has 128 valence electrons. The molecule has 1 fully saturated rings. The van der Waals surface area contributed by atoms with E-state index in [2.05, 4.69) is 15.2 Å².